The van der Waals surface area contributed by atoms with Gasteiger partial charge in [-0.3, -0.25) is 0 Å². The standard InChI is InChI=1S/2C18H15P.2ClH.NO.Rh/c2*1-4-10-16(11-5-1)19(17-12-6-2-7-13-17)18-14-8-3-9-15-18;;;1-2;/h2*1-15H;2*1H;;/q;;;;-1;+3. The topological polar surface area (TPSA) is 39.4 Å². The molecule has 0 N–H and O–H groups in total. The van der Waals surface area contributed by atoms with Crippen molar-refractivity contribution in [1.82, 2.24) is 0 Å². The molecule has 218 valence electrons. The number of hydrogen-bond acceptors (Lipinski definition) is 1. The molecule has 6 rings (SSSR count). The van der Waals surface area contributed by atoms with Crippen molar-refractivity contribution in [3.63, 3.8) is 0 Å². The average Bonchev–Trinajstić information content (AvgIpc) is 3.10. The number of benzene rings is 6. The van der Waals surface area contributed by atoms with Crippen molar-refractivity contribution < 1.29 is 15.1 Å². The van der Waals surface area contributed by atoms with Crippen molar-refractivity contribution in [2.75, 3.05) is 0 Å². The van der Waals surface area contributed by atoms with Gasteiger partial charge in [0.1, 0.15) is 31.8 Å². The van der Waals surface area contributed by atoms with Crippen molar-refractivity contribution in [3.05, 3.63) is 192 Å². The number of hydrogen-bond donors (Lipinski definition) is 0. The molecule has 0 heterocycles. The van der Waals surface area contributed by atoms with Gasteiger partial charge in [0.05, 0.1) is 15.8 Å². The Morgan fingerprint density at radius 2 is 0.442 bits per heavy atom. The SMILES string of the molecule is [Cl][Rh+][Cl].[N-]=O.c1ccc([PH+](c2ccccc2)c2ccccc2)cc1.c1ccc([PH+](c2ccccc2)c2ccccc2)cc1. The Kier molecular flexibility index (Phi) is 16.7. The quantitative estimate of drug-likeness (QED) is 0.126. The largest absolute Gasteiger partial charge is 0.577 e. The van der Waals surface area contributed by atoms with E-state index in [2.05, 4.69) is 182 Å². The molecule has 0 spiro atoms. The number of rotatable bonds is 6. The second-order valence-corrected chi connectivity index (χ2v) is 16.4. The van der Waals surface area contributed by atoms with Crippen LogP contribution in [0.3, 0.4) is 0 Å². The fourth-order valence-corrected chi connectivity index (χ4v) is 9.78. The van der Waals surface area contributed by atoms with Crippen LogP contribution in [0.4, 0.5) is 0 Å². The van der Waals surface area contributed by atoms with Crippen molar-refractivity contribution in [1.29, 1.82) is 0 Å². The Hall–Kier alpha value is -3.02. The summed E-state index contributed by atoms with van der Waals surface area (Å²) in [4.78, 5) is 7.25. The monoisotopic (exact) mass is 729 g/mol. The van der Waals surface area contributed by atoms with Crippen LogP contribution in [0.2, 0.25) is 0 Å². The predicted octanol–water partition coefficient (Wildman–Crippen LogP) is 8.05. The van der Waals surface area contributed by atoms with Gasteiger partial charge < -0.3 is 10.5 Å². The van der Waals surface area contributed by atoms with Crippen molar-refractivity contribution in [3.8, 4) is 0 Å². The maximum atomic E-state index is 7.25. The molecule has 6 aromatic carbocycles. The van der Waals surface area contributed by atoms with Gasteiger partial charge in [0.25, 0.3) is 0 Å². The Bertz CT molecular complexity index is 1230. The van der Waals surface area contributed by atoms with E-state index in [4.69, 9.17) is 29.9 Å². The predicted molar refractivity (Wildman–Crippen MR) is 192 cm³/mol. The van der Waals surface area contributed by atoms with Gasteiger partial charge in [-0.1, -0.05) is 109 Å². The molecule has 0 saturated heterocycles. The Morgan fingerprint density at radius 3 is 0.558 bits per heavy atom. The third kappa shape index (κ3) is 11.2. The zero-order valence-electron chi connectivity index (χ0n) is 23.3. The summed E-state index contributed by atoms with van der Waals surface area (Å²) in [5.74, 6) is 0. The van der Waals surface area contributed by atoms with Gasteiger partial charge in [0.15, 0.2) is 0 Å². The van der Waals surface area contributed by atoms with E-state index in [1.165, 1.54) is 31.8 Å². The molecule has 0 bridgehead atoms. The molecule has 0 saturated carbocycles. The Morgan fingerprint density at radius 1 is 0.326 bits per heavy atom. The molecule has 0 unspecified atom stereocenters. The van der Waals surface area contributed by atoms with Crippen LogP contribution >= 0.6 is 35.2 Å². The van der Waals surface area contributed by atoms with E-state index in [1.807, 2.05) is 0 Å². The van der Waals surface area contributed by atoms with Crippen LogP contribution < -0.4 is 31.8 Å². The first kappa shape index (κ1) is 34.5. The van der Waals surface area contributed by atoms with E-state index in [0.29, 0.717) is 0 Å². The first-order valence-electron chi connectivity index (χ1n) is 13.4. The van der Waals surface area contributed by atoms with E-state index in [1.54, 1.807) is 0 Å². The molecular formula is C36H32Cl2NOP2Rh+2. The molecule has 0 aliphatic heterocycles. The van der Waals surface area contributed by atoms with Crippen LogP contribution in [-0.4, -0.2) is 0 Å². The smallest absolute Gasteiger partial charge is 0.102 e. The molecular weight excluding hydrogens is 698 g/mol. The Balaban J connectivity index is 0.000000205. The van der Waals surface area contributed by atoms with E-state index < -0.39 is 15.8 Å². The molecule has 2 nitrogen and oxygen atoms in total. The first-order chi connectivity index (χ1) is 21.3. The molecule has 0 amide bonds. The van der Waals surface area contributed by atoms with E-state index in [0.717, 1.165) is 0 Å². The van der Waals surface area contributed by atoms with Crippen LogP contribution in [0.25, 0.3) is 5.59 Å². The summed E-state index contributed by atoms with van der Waals surface area (Å²) in [6, 6.07) is 65.0. The second kappa shape index (κ2) is 20.8. The van der Waals surface area contributed by atoms with Gasteiger partial charge in [-0.05, 0) is 72.8 Å². The van der Waals surface area contributed by atoms with Crippen molar-refractivity contribution in [2.24, 2.45) is 0 Å². The normalized spacial score (nSPS) is 9.95. The summed E-state index contributed by atoms with van der Waals surface area (Å²) >= 11 is -0.226. The summed E-state index contributed by atoms with van der Waals surface area (Å²) in [6.45, 7) is 0. The number of halogens is 2. The second-order valence-electron chi connectivity index (χ2n) is 8.99. The van der Waals surface area contributed by atoms with E-state index in [-0.39, 0.29) is 15.1 Å². The fraction of sp³-hybridized carbons (Fsp3) is 0. The van der Waals surface area contributed by atoms with Gasteiger partial charge in [-0.15, -0.1) is 0 Å². The summed E-state index contributed by atoms with van der Waals surface area (Å²) in [6.07, 6.45) is 0. The summed E-state index contributed by atoms with van der Waals surface area (Å²) < 4.78 is 0. The van der Waals surface area contributed by atoms with Gasteiger partial charge in [-0.25, -0.2) is 0 Å². The fourth-order valence-electron chi connectivity index (χ4n) is 4.63. The van der Waals surface area contributed by atoms with Crippen LogP contribution in [0.5, 0.6) is 0 Å². The van der Waals surface area contributed by atoms with E-state index in [9.17, 15) is 0 Å². The molecule has 0 radical (unpaired) electrons. The minimum Gasteiger partial charge on any atom is -0.577 e. The van der Waals surface area contributed by atoms with Gasteiger partial charge >= 0.3 is 34.5 Å². The Labute approximate surface area is 273 Å². The van der Waals surface area contributed by atoms with Gasteiger partial charge in [0, 0.05) is 0 Å². The molecule has 43 heavy (non-hydrogen) atoms. The summed E-state index contributed by atoms with van der Waals surface area (Å²) in [5.41, 5.74) is 5.75. The minimum atomic E-state index is -0.877. The van der Waals surface area contributed by atoms with E-state index >= 15 is 0 Å². The van der Waals surface area contributed by atoms with Gasteiger partial charge in [-0.2, -0.15) is 0 Å². The maximum absolute atomic E-state index is 7.25. The van der Waals surface area contributed by atoms with Crippen LogP contribution in [0, 0.1) is 4.91 Å². The molecule has 6 aromatic rings. The molecule has 0 aromatic heterocycles. The minimum absolute atomic E-state index is 0.226. The average molecular weight is 730 g/mol. The molecule has 0 atom stereocenters. The third-order valence-electron chi connectivity index (χ3n) is 6.37. The number of nitrogens with zero attached hydrogens (tertiary/aromatic N) is 1. The zero-order chi connectivity index (χ0) is 30.5. The van der Waals surface area contributed by atoms with Crippen molar-refractivity contribution >= 4 is 67.1 Å². The number of nitroso groups, excluding NO2 is 1. The maximum Gasteiger partial charge on any atom is 0.102 e. The molecule has 0 aliphatic rings. The van der Waals surface area contributed by atoms with Crippen LogP contribution in [0.15, 0.2) is 182 Å². The third-order valence-corrected chi connectivity index (χ3v) is 11.8. The zero-order valence-corrected chi connectivity index (χ0v) is 28.4. The van der Waals surface area contributed by atoms with Gasteiger partial charge in [0.2, 0.25) is 0 Å². The molecule has 7 heteroatoms. The van der Waals surface area contributed by atoms with Crippen LogP contribution in [-0.2, 0) is 15.1 Å². The summed E-state index contributed by atoms with van der Waals surface area (Å²) in [7, 11) is 7.91. The first-order valence-corrected chi connectivity index (χ1v) is 20.6. The summed E-state index contributed by atoms with van der Waals surface area (Å²) in [5, 5.41) is 8.61. The van der Waals surface area contributed by atoms with Crippen LogP contribution in [0.1, 0.15) is 0 Å². The molecule has 0 fully saturated rings. The van der Waals surface area contributed by atoms with Crippen molar-refractivity contribution in [2.45, 2.75) is 0 Å². The molecule has 0 aliphatic carbocycles.